The molecule has 168 valence electrons. The summed E-state index contributed by atoms with van der Waals surface area (Å²) in [7, 11) is 0. The van der Waals surface area contributed by atoms with E-state index in [1.54, 1.807) is 31.2 Å². The molecule has 0 fully saturated rings. The number of esters is 1. The first-order valence-electron chi connectivity index (χ1n) is 10.8. The second-order valence-electron chi connectivity index (χ2n) is 8.17. The van der Waals surface area contributed by atoms with Crippen LogP contribution in [0.1, 0.15) is 53.5 Å². The van der Waals surface area contributed by atoms with E-state index < -0.39 is 35.8 Å². The second-order valence-corrected chi connectivity index (χ2v) is 8.17. The Hall–Kier alpha value is -3.48. The molecule has 2 aromatic rings. The SMILES string of the molecule is CCOC(=O)[C@H](CC(C)C)NC(=O)[C@@H](Cc1ccccc1)N1C(=O)c2ccccc2C1=O. The molecule has 0 radical (unpaired) electrons. The van der Waals surface area contributed by atoms with Gasteiger partial charge in [0, 0.05) is 6.42 Å². The molecule has 3 rings (SSSR count). The predicted molar refractivity (Wildman–Crippen MR) is 119 cm³/mol. The van der Waals surface area contributed by atoms with Crippen molar-refractivity contribution < 1.29 is 23.9 Å². The number of rotatable bonds is 9. The summed E-state index contributed by atoms with van der Waals surface area (Å²) in [5, 5.41) is 2.74. The molecule has 1 aliphatic rings. The predicted octanol–water partition coefficient (Wildman–Crippen LogP) is 2.99. The van der Waals surface area contributed by atoms with Gasteiger partial charge in [-0.25, -0.2) is 4.79 Å². The molecule has 0 aliphatic carbocycles. The number of ether oxygens (including phenoxy) is 1. The van der Waals surface area contributed by atoms with Crippen molar-refractivity contribution in [2.45, 2.75) is 45.7 Å². The quantitative estimate of drug-likeness (QED) is 0.482. The maximum Gasteiger partial charge on any atom is 0.328 e. The molecule has 1 aliphatic heterocycles. The van der Waals surface area contributed by atoms with Crippen molar-refractivity contribution in [2.24, 2.45) is 5.92 Å². The summed E-state index contributed by atoms with van der Waals surface area (Å²) in [4.78, 5) is 53.0. The third kappa shape index (κ3) is 5.04. The third-order valence-electron chi connectivity index (χ3n) is 5.31. The zero-order valence-corrected chi connectivity index (χ0v) is 18.5. The maximum absolute atomic E-state index is 13.4. The highest BCUT2D eigenvalue weighted by Gasteiger charge is 2.43. The van der Waals surface area contributed by atoms with Crippen molar-refractivity contribution in [2.75, 3.05) is 6.61 Å². The van der Waals surface area contributed by atoms with Gasteiger partial charge in [0.1, 0.15) is 12.1 Å². The average Bonchev–Trinajstić information content (AvgIpc) is 3.02. The van der Waals surface area contributed by atoms with Gasteiger partial charge in [-0.05, 0) is 37.0 Å². The second kappa shape index (κ2) is 10.2. The van der Waals surface area contributed by atoms with E-state index in [9.17, 15) is 19.2 Å². The Kier molecular flexibility index (Phi) is 7.41. The van der Waals surface area contributed by atoms with Crippen LogP contribution in [0.3, 0.4) is 0 Å². The summed E-state index contributed by atoms with van der Waals surface area (Å²) in [6.07, 6.45) is 0.514. The molecular formula is C25H28N2O5. The summed E-state index contributed by atoms with van der Waals surface area (Å²) in [6.45, 7) is 5.76. The topological polar surface area (TPSA) is 92.8 Å². The molecule has 0 bridgehead atoms. The van der Waals surface area contributed by atoms with Crippen molar-refractivity contribution >= 4 is 23.7 Å². The molecule has 32 heavy (non-hydrogen) atoms. The Labute approximate surface area is 187 Å². The summed E-state index contributed by atoms with van der Waals surface area (Å²) in [5.74, 6) is -2.01. The highest BCUT2D eigenvalue weighted by atomic mass is 16.5. The van der Waals surface area contributed by atoms with Gasteiger partial charge < -0.3 is 10.1 Å². The normalized spacial score (nSPS) is 14.8. The number of imide groups is 1. The number of benzene rings is 2. The molecule has 2 atom stereocenters. The maximum atomic E-state index is 13.4. The van der Waals surface area contributed by atoms with Gasteiger partial charge >= 0.3 is 5.97 Å². The molecule has 0 unspecified atom stereocenters. The lowest BCUT2D eigenvalue weighted by atomic mass is 10.0. The van der Waals surface area contributed by atoms with E-state index in [0.717, 1.165) is 10.5 Å². The summed E-state index contributed by atoms with van der Waals surface area (Å²) < 4.78 is 5.12. The fourth-order valence-corrected chi connectivity index (χ4v) is 3.83. The molecule has 0 aromatic heterocycles. The molecular weight excluding hydrogens is 408 g/mol. The number of nitrogens with zero attached hydrogens (tertiary/aromatic N) is 1. The van der Waals surface area contributed by atoms with Crippen molar-refractivity contribution in [1.82, 2.24) is 10.2 Å². The van der Waals surface area contributed by atoms with Crippen molar-refractivity contribution in [3.63, 3.8) is 0 Å². The Balaban J connectivity index is 1.92. The van der Waals surface area contributed by atoms with Crippen molar-refractivity contribution in [1.29, 1.82) is 0 Å². The minimum Gasteiger partial charge on any atom is -0.464 e. The first-order chi connectivity index (χ1) is 15.3. The van der Waals surface area contributed by atoms with Crippen LogP contribution >= 0.6 is 0 Å². The third-order valence-corrected chi connectivity index (χ3v) is 5.31. The monoisotopic (exact) mass is 436 g/mol. The van der Waals surface area contributed by atoms with Gasteiger partial charge in [-0.2, -0.15) is 0 Å². The summed E-state index contributed by atoms with van der Waals surface area (Å²) in [5.41, 5.74) is 1.33. The number of hydrogen-bond acceptors (Lipinski definition) is 5. The van der Waals surface area contributed by atoms with Crippen LogP contribution in [0.15, 0.2) is 54.6 Å². The molecule has 7 nitrogen and oxygen atoms in total. The fourth-order valence-electron chi connectivity index (χ4n) is 3.83. The first-order valence-corrected chi connectivity index (χ1v) is 10.8. The highest BCUT2D eigenvalue weighted by molar-refractivity contribution is 6.22. The molecule has 0 saturated heterocycles. The van der Waals surface area contributed by atoms with Crippen LogP contribution in [0.4, 0.5) is 0 Å². The smallest absolute Gasteiger partial charge is 0.328 e. The lowest BCUT2D eigenvalue weighted by Crippen LogP contribution is -2.54. The van der Waals surface area contributed by atoms with Crippen molar-refractivity contribution in [3.05, 3.63) is 71.3 Å². The van der Waals surface area contributed by atoms with Crippen LogP contribution in [0.2, 0.25) is 0 Å². The highest BCUT2D eigenvalue weighted by Crippen LogP contribution is 2.26. The van der Waals surface area contributed by atoms with Crippen LogP contribution in [-0.2, 0) is 20.7 Å². The zero-order chi connectivity index (χ0) is 23.3. The van der Waals surface area contributed by atoms with Gasteiger partial charge in [-0.3, -0.25) is 19.3 Å². The van der Waals surface area contributed by atoms with E-state index in [0.29, 0.717) is 6.42 Å². The van der Waals surface area contributed by atoms with E-state index in [1.807, 2.05) is 44.2 Å². The number of hydrogen-bond donors (Lipinski definition) is 1. The first kappa shape index (κ1) is 23.2. The minimum atomic E-state index is -1.10. The lowest BCUT2D eigenvalue weighted by Gasteiger charge is -2.28. The number of fused-ring (bicyclic) bond motifs is 1. The van der Waals surface area contributed by atoms with Gasteiger partial charge in [0.25, 0.3) is 11.8 Å². The van der Waals surface area contributed by atoms with Gasteiger partial charge in [0.15, 0.2) is 0 Å². The summed E-state index contributed by atoms with van der Waals surface area (Å²) in [6, 6.07) is 13.7. The molecule has 0 spiro atoms. The Bertz CT molecular complexity index is 967. The number of carbonyl (C=O) groups is 4. The molecule has 0 saturated carbocycles. The number of amides is 3. The van der Waals surface area contributed by atoms with E-state index in [2.05, 4.69) is 5.32 Å². The number of carbonyl (C=O) groups excluding carboxylic acids is 4. The van der Waals surface area contributed by atoms with E-state index >= 15 is 0 Å². The number of nitrogens with one attached hydrogen (secondary N) is 1. The zero-order valence-electron chi connectivity index (χ0n) is 18.5. The molecule has 2 aromatic carbocycles. The molecule has 1 N–H and O–H groups in total. The van der Waals surface area contributed by atoms with E-state index in [1.165, 1.54) is 0 Å². The lowest BCUT2D eigenvalue weighted by molar-refractivity contribution is -0.148. The van der Waals surface area contributed by atoms with Crippen LogP contribution in [-0.4, -0.2) is 47.3 Å². The molecule has 7 heteroatoms. The minimum absolute atomic E-state index is 0.122. The van der Waals surface area contributed by atoms with Crippen LogP contribution in [0.5, 0.6) is 0 Å². The van der Waals surface area contributed by atoms with Gasteiger partial charge in [0.2, 0.25) is 5.91 Å². The average molecular weight is 437 g/mol. The van der Waals surface area contributed by atoms with Gasteiger partial charge in [0.05, 0.1) is 17.7 Å². The molecule has 3 amide bonds. The Morgan fingerprint density at radius 3 is 2.03 bits per heavy atom. The Morgan fingerprint density at radius 1 is 0.938 bits per heavy atom. The van der Waals surface area contributed by atoms with Gasteiger partial charge in [-0.1, -0.05) is 56.3 Å². The standard InChI is InChI=1S/C25H28N2O5/c1-4-32-25(31)20(14-16(2)3)26-22(28)21(15-17-10-6-5-7-11-17)27-23(29)18-12-8-9-13-19(18)24(27)30/h5-13,16,20-21H,4,14-15H2,1-3H3,(H,26,28)/t20-,21+/m0/s1. The fraction of sp³-hybridized carbons (Fsp3) is 0.360. The Morgan fingerprint density at radius 2 is 1.50 bits per heavy atom. The van der Waals surface area contributed by atoms with Crippen LogP contribution < -0.4 is 5.32 Å². The van der Waals surface area contributed by atoms with Gasteiger partial charge in [-0.15, -0.1) is 0 Å². The summed E-state index contributed by atoms with van der Waals surface area (Å²) >= 11 is 0. The van der Waals surface area contributed by atoms with Crippen LogP contribution in [0, 0.1) is 5.92 Å². The van der Waals surface area contributed by atoms with Crippen molar-refractivity contribution in [3.8, 4) is 0 Å². The van der Waals surface area contributed by atoms with E-state index in [4.69, 9.17) is 4.74 Å². The largest absolute Gasteiger partial charge is 0.464 e. The van der Waals surface area contributed by atoms with Crippen LogP contribution in [0.25, 0.3) is 0 Å². The van der Waals surface area contributed by atoms with E-state index in [-0.39, 0.29) is 30.1 Å². The molecule has 1 heterocycles.